The Bertz CT molecular complexity index is 1330. The molecule has 4 aromatic rings. The molecule has 8 nitrogen and oxygen atoms in total. The predicted octanol–water partition coefficient (Wildman–Crippen LogP) is 4.41. The topological polar surface area (TPSA) is 87.7 Å². The van der Waals surface area contributed by atoms with E-state index in [9.17, 15) is 4.79 Å². The van der Waals surface area contributed by atoms with E-state index in [-0.39, 0.29) is 5.56 Å². The quantitative estimate of drug-likeness (QED) is 0.271. The van der Waals surface area contributed by atoms with Gasteiger partial charge in [0.15, 0.2) is 11.0 Å². The molecule has 1 aliphatic carbocycles. The second kappa shape index (κ2) is 9.64. The number of fused-ring (bicyclic) bond motifs is 3. The SMILES string of the molecule is CCCn1nnnc1CSc1nc2sc3c(c2c(=O)n1-c1ccc(OCC)cc1)CCCC3. The molecular weight excluding hydrogens is 456 g/mol. The van der Waals surface area contributed by atoms with Gasteiger partial charge >= 0.3 is 0 Å². The molecule has 0 radical (unpaired) electrons. The van der Waals surface area contributed by atoms with Crippen LogP contribution in [-0.2, 0) is 25.1 Å². The lowest BCUT2D eigenvalue weighted by Crippen LogP contribution is -2.22. The Morgan fingerprint density at radius 1 is 1.15 bits per heavy atom. The van der Waals surface area contributed by atoms with Gasteiger partial charge in [0.05, 0.1) is 23.4 Å². The highest BCUT2D eigenvalue weighted by Crippen LogP contribution is 2.35. The Morgan fingerprint density at radius 2 is 1.97 bits per heavy atom. The van der Waals surface area contributed by atoms with E-state index in [2.05, 4.69) is 22.4 Å². The normalized spacial score (nSPS) is 13.4. The summed E-state index contributed by atoms with van der Waals surface area (Å²) in [5, 5.41) is 13.5. The van der Waals surface area contributed by atoms with E-state index >= 15 is 0 Å². The van der Waals surface area contributed by atoms with Crippen LogP contribution in [0.4, 0.5) is 0 Å². The van der Waals surface area contributed by atoms with Crippen LogP contribution in [-0.4, -0.2) is 36.4 Å². The van der Waals surface area contributed by atoms with Gasteiger partial charge in [-0.3, -0.25) is 9.36 Å². The molecule has 3 heterocycles. The number of nitrogens with zero attached hydrogens (tertiary/aromatic N) is 6. The molecule has 0 saturated carbocycles. The number of aryl methyl sites for hydroxylation is 3. The van der Waals surface area contributed by atoms with E-state index in [1.165, 1.54) is 28.6 Å². The van der Waals surface area contributed by atoms with Gasteiger partial charge in [-0.15, -0.1) is 16.4 Å². The van der Waals surface area contributed by atoms with Gasteiger partial charge in [-0.05, 0) is 79.3 Å². The van der Waals surface area contributed by atoms with Crippen molar-refractivity contribution in [3.8, 4) is 11.4 Å². The summed E-state index contributed by atoms with van der Waals surface area (Å²) in [6.45, 7) is 5.41. The van der Waals surface area contributed by atoms with Gasteiger partial charge in [0, 0.05) is 11.4 Å². The highest BCUT2D eigenvalue weighted by Gasteiger charge is 2.23. The molecule has 172 valence electrons. The molecule has 1 aliphatic rings. The third-order valence-electron chi connectivity index (χ3n) is 5.74. The van der Waals surface area contributed by atoms with E-state index < -0.39 is 0 Å². The van der Waals surface area contributed by atoms with Gasteiger partial charge in [0.1, 0.15) is 10.6 Å². The van der Waals surface area contributed by atoms with Crippen molar-refractivity contribution < 1.29 is 4.74 Å². The highest BCUT2D eigenvalue weighted by atomic mass is 32.2. The first-order chi connectivity index (χ1) is 16.2. The van der Waals surface area contributed by atoms with Crippen molar-refractivity contribution in [3.05, 3.63) is 50.9 Å². The largest absolute Gasteiger partial charge is 0.494 e. The van der Waals surface area contributed by atoms with E-state index in [1.807, 2.05) is 35.9 Å². The van der Waals surface area contributed by atoms with Crippen LogP contribution in [0.2, 0.25) is 0 Å². The van der Waals surface area contributed by atoms with Crippen LogP contribution in [0.5, 0.6) is 5.75 Å². The van der Waals surface area contributed by atoms with Crippen LogP contribution in [0.1, 0.15) is 49.4 Å². The number of benzene rings is 1. The Balaban J connectivity index is 1.60. The summed E-state index contributed by atoms with van der Waals surface area (Å²) in [4.78, 5) is 21.0. The molecule has 1 aromatic carbocycles. The Kier molecular flexibility index (Phi) is 6.45. The van der Waals surface area contributed by atoms with E-state index in [0.29, 0.717) is 17.5 Å². The van der Waals surface area contributed by atoms with E-state index in [0.717, 1.165) is 59.7 Å². The third kappa shape index (κ3) is 4.29. The lowest BCUT2D eigenvalue weighted by atomic mass is 9.97. The zero-order valence-corrected chi connectivity index (χ0v) is 20.4. The van der Waals surface area contributed by atoms with Crippen molar-refractivity contribution >= 4 is 33.3 Å². The highest BCUT2D eigenvalue weighted by molar-refractivity contribution is 7.98. The zero-order chi connectivity index (χ0) is 22.8. The Labute approximate surface area is 200 Å². The van der Waals surface area contributed by atoms with Crippen LogP contribution >= 0.6 is 23.1 Å². The summed E-state index contributed by atoms with van der Waals surface area (Å²) < 4.78 is 9.14. The maximum Gasteiger partial charge on any atom is 0.267 e. The summed E-state index contributed by atoms with van der Waals surface area (Å²) in [5.74, 6) is 2.09. The van der Waals surface area contributed by atoms with Crippen molar-refractivity contribution in [1.82, 2.24) is 29.8 Å². The van der Waals surface area contributed by atoms with Crippen LogP contribution in [0, 0.1) is 0 Å². The number of hydrogen-bond donors (Lipinski definition) is 0. The second-order valence-corrected chi connectivity index (χ2v) is 9.99. The molecule has 0 aliphatic heterocycles. The molecule has 3 aromatic heterocycles. The standard InChI is InChI=1S/C23H26N6O2S2/c1-3-13-28-19(25-26-27-28)14-32-23-24-21-20(17-7-5-6-8-18(17)33-21)22(30)29(23)15-9-11-16(12-10-15)31-4-2/h9-12H,3-8,13-14H2,1-2H3. The maximum atomic E-state index is 13.9. The predicted molar refractivity (Wildman–Crippen MR) is 131 cm³/mol. The van der Waals surface area contributed by atoms with E-state index in [1.54, 1.807) is 15.9 Å². The monoisotopic (exact) mass is 482 g/mol. The number of thioether (sulfide) groups is 1. The van der Waals surface area contributed by atoms with Gasteiger partial charge in [-0.1, -0.05) is 18.7 Å². The minimum absolute atomic E-state index is 0.000732. The zero-order valence-electron chi connectivity index (χ0n) is 18.8. The lowest BCUT2D eigenvalue weighted by molar-refractivity contribution is 0.340. The van der Waals surface area contributed by atoms with Gasteiger partial charge < -0.3 is 4.74 Å². The fraction of sp³-hybridized carbons (Fsp3) is 0.435. The van der Waals surface area contributed by atoms with Crippen LogP contribution < -0.4 is 10.3 Å². The summed E-state index contributed by atoms with van der Waals surface area (Å²) in [5.41, 5.74) is 1.98. The lowest BCUT2D eigenvalue weighted by Gasteiger charge is -2.14. The van der Waals surface area contributed by atoms with Crippen LogP contribution in [0.25, 0.3) is 15.9 Å². The number of thiophene rings is 1. The molecule has 10 heteroatoms. The van der Waals surface area contributed by atoms with Crippen molar-refractivity contribution in [1.29, 1.82) is 0 Å². The minimum atomic E-state index is -0.000732. The number of tetrazole rings is 1. The average molecular weight is 483 g/mol. The molecule has 33 heavy (non-hydrogen) atoms. The Morgan fingerprint density at radius 3 is 2.76 bits per heavy atom. The molecular formula is C23H26N6O2S2. The Hall–Kier alpha value is -2.72. The summed E-state index contributed by atoms with van der Waals surface area (Å²) in [7, 11) is 0. The van der Waals surface area contributed by atoms with Gasteiger partial charge in [-0.2, -0.15) is 0 Å². The van der Waals surface area contributed by atoms with Crippen molar-refractivity contribution in [2.24, 2.45) is 0 Å². The fourth-order valence-electron chi connectivity index (χ4n) is 4.21. The van der Waals surface area contributed by atoms with E-state index in [4.69, 9.17) is 9.72 Å². The first kappa shape index (κ1) is 22.1. The van der Waals surface area contributed by atoms with Gasteiger partial charge in [-0.25, -0.2) is 9.67 Å². The van der Waals surface area contributed by atoms with Crippen LogP contribution in [0.3, 0.4) is 0 Å². The average Bonchev–Trinajstić information content (AvgIpc) is 3.43. The number of aromatic nitrogens is 6. The molecule has 5 rings (SSSR count). The molecule has 0 amide bonds. The maximum absolute atomic E-state index is 13.9. The smallest absolute Gasteiger partial charge is 0.267 e. The molecule has 0 atom stereocenters. The molecule has 0 fully saturated rings. The van der Waals surface area contributed by atoms with Crippen molar-refractivity contribution in [2.45, 2.75) is 63.4 Å². The second-order valence-electron chi connectivity index (χ2n) is 7.96. The van der Waals surface area contributed by atoms with Crippen LogP contribution in [0.15, 0.2) is 34.2 Å². The van der Waals surface area contributed by atoms with Gasteiger partial charge in [0.25, 0.3) is 5.56 Å². The van der Waals surface area contributed by atoms with Gasteiger partial charge in [0.2, 0.25) is 0 Å². The minimum Gasteiger partial charge on any atom is -0.494 e. The summed E-state index contributed by atoms with van der Waals surface area (Å²) in [6, 6.07) is 7.64. The summed E-state index contributed by atoms with van der Waals surface area (Å²) >= 11 is 3.17. The number of rotatable bonds is 8. The number of ether oxygens (including phenoxy) is 1. The molecule has 0 unspecified atom stereocenters. The molecule has 0 bridgehead atoms. The molecule has 0 spiro atoms. The van der Waals surface area contributed by atoms with Crippen molar-refractivity contribution in [3.63, 3.8) is 0 Å². The summed E-state index contributed by atoms with van der Waals surface area (Å²) in [6.07, 6.45) is 5.23. The molecule has 0 N–H and O–H groups in total. The first-order valence-corrected chi connectivity index (χ1v) is 13.2. The molecule has 0 saturated heterocycles. The van der Waals surface area contributed by atoms with Crippen molar-refractivity contribution in [2.75, 3.05) is 6.61 Å². The third-order valence-corrected chi connectivity index (χ3v) is 7.86. The number of hydrogen-bond acceptors (Lipinski definition) is 8. The fourth-order valence-corrected chi connectivity index (χ4v) is 6.46. The first-order valence-electron chi connectivity index (χ1n) is 11.4.